The number of aromatic amines is 1. The average molecular weight is 1050 g/mol. The third-order valence-corrected chi connectivity index (χ3v) is 12.9. The monoisotopic (exact) mass is 1040 g/mol. The first kappa shape index (κ1) is 53.1. The van der Waals surface area contributed by atoms with Gasteiger partial charge in [0.05, 0.1) is 11.2 Å². The van der Waals surface area contributed by atoms with Crippen LogP contribution in [0.4, 0.5) is 17.5 Å². The summed E-state index contributed by atoms with van der Waals surface area (Å²) >= 11 is 0. The van der Waals surface area contributed by atoms with Crippen LogP contribution in [0.1, 0.15) is 50.5 Å². The van der Waals surface area contributed by atoms with Crippen molar-refractivity contribution in [3.05, 3.63) is 241 Å². The minimum atomic E-state index is -0.370. The van der Waals surface area contributed by atoms with Crippen molar-refractivity contribution < 1.29 is 14.1 Å². The van der Waals surface area contributed by atoms with Crippen molar-refractivity contribution in [1.29, 1.82) is 0 Å². The first-order valence-corrected chi connectivity index (χ1v) is 25.3. The van der Waals surface area contributed by atoms with Crippen LogP contribution in [0.25, 0.3) is 21.9 Å². The number of aromatic nitrogens is 7. The zero-order chi connectivity index (χ0) is 54.4. The fourth-order valence-electron chi connectivity index (χ4n) is 8.69. The number of rotatable bonds is 20. The van der Waals surface area contributed by atoms with Gasteiger partial charge in [0, 0.05) is 73.8 Å². The van der Waals surface area contributed by atoms with E-state index in [0.29, 0.717) is 62.1 Å². The van der Waals surface area contributed by atoms with Crippen molar-refractivity contribution >= 4 is 51.1 Å². The Labute approximate surface area is 449 Å². The highest BCUT2D eigenvalue weighted by Gasteiger charge is 2.18. The van der Waals surface area contributed by atoms with Crippen molar-refractivity contribution in [3.8, 4) is 0 Å². The lowest BCUT2D eigenvalue weighted by molar-refractivity contribution is -0.122. The largest absolute Gasteiger partial charge is 0.382 e. The number of amides is 2. The highest BCUT2D eigenvalue weighted by atomic mass is 16.5. The van der Waals surface area contributed by atoms with Gasteiger partial charge in [-0.05, 0) is 78.4 Å². The second kappa shape index (κ2) is 25.2. The molecule has 0 atom stereocenters. The fourth-order valence-corrected chi connectivity index (χ4v) is 8.69. The maximum absolute atomic E-state index is 13.4. The minimum absolute atomic E-state index is 0.122. The summed E-state index contributed by atoms with van der Waals surface area (Å²) in [7, 11) is 0. The number of carbonyl (C=O) groups excluding carboxylic acids is 2. The predicted octanol–water partition coefficient (Wildman–Crippen LogP) is 7.70. The number of nitrogens with zero attached hydrogens (tertiary/aromatic N) is 8. The second-order valence-electron chi connectivity index (χ2n) is 18.8. The first-order chi connectivity index (χ1) is 37.9. The van der Waals surface area contributed by atoms with E-state index in [2.05, 4.69) is 46.8 Å². The van der Waals surface area contributed by atoms with Crippen LogP contribution in [0.5, 0.6) is 0 Å². The van der Waals surface area contributed by atoms with Crippen molar-refractivity contribution in [2.45, 2.75) is 73.1 Å². The Kier molecular flexibility index (Phi) is 17.2. The molecule has 10 rings (SSSR count). The number of nitrogens with two attached hydrogens (primary N) is 1. The molecule has 4 heterocycles. The average Bonchev–Trinajstić information content (AvgIpc) is 4.04. The van der Waals surface area contributed by atoms with Gasteiger partial charge in [-0.2, -0.15) is 5.10 Å². The molecule has 19 heteroatoms. The Hall–Kier alpha value is -9.72. The maximum Gasteiger partial charge on any atom is 0.295 e. The second-order valence-corrected chi connectivity index (χ2v) is 18.8. The summed E-state index contributed by atoms with van der Waals surface area (Å²) in [5.74, 6) is 0.182. The molecule has 0 saturated carbocycles. The molecule has 0 aliphatic carbocycles. The van der Waals surface area contributed by atoms with Crippen LogP contribution in [0.3, 0.4) is 0 Å². The number of hydrazine groups is 2. The topological polar surface area (TPSA) is 239 Å². The molecule has 10 aromatic rings. The van der Waals surface area contributed by atoms with Crippen LogP contribution in [0, 0.1) is 20.8 Å². The molecule has 6 aromatic carbocycles. The minimum Gasteiger partial charge on any atom is -0.382 e. The molecule has 0 unspecified atom stereocenters. The Bertz CT molecular complexity index is 3420. The van der Waals surface area contributed by atoms with E-state index < -0.39 is 0 Å². The van der Waals surface area contributed by atoms with Gasteiger partial charge in [0.1, 0.15) is 13.1 Å². The zero-order valence-corrected chi connectivity index (χ0v) is 43.5. The van der Waals surface area contributed by atoms with Gasteiger partial charge in [0.15, 0.2) is 11.4 Å². The van der Waals surface area contributed by atoms with Crippen LogP contribution in [0.2, 0.25) is 0 Å². The number of benzene rings is 6. The number of H-pyrrole nitrogens is 1. The Morgan fingerprint density at radius 1 is 0.551 bits per heavy atom. The van der Waals surface area contributed by atoms with Gasteiger partial charge < -0.3 is 20.9 Å². The highest BCUT2D eigenvalue weighted by Crippen LogP contribution is 2.21. The number of hydrogen-bond donors (Lipinski definition) is 6. The Morgan fingerprint density at radius 2 is 0.962 bits per heavy atom. The molecule has 7 N–H and O–H groups in total. The number of carbonyl (C=O) groups is 2. The van der Waals surface area contributed by atoms with Crippen LogP contribution in [-0.4, -0.2) is 56.3 Å². The van der Waals surface area contributed by atoms with Gasteiger partial charge in [-0.25, -0.2) is 20.0 Å². The molecule has 0 spiro atoms. The van der Waals surface area contributed by atoms with Crippen molar-refractivity contribution in [2.75, 3.05) is 16.6 Å². The standard InChI is InChI=1S/C30H30N6O3.C29H30N8O2/c1-21-16-32-29(33-35(18-23-9-5-3-6-10-23)19-24-11-7-4-8-12-24)30(38)36(21)20-28(37)31-17-25-13-14-26-22(2)34-39-27(26)15-25;1-20-15-32-28(35-36(17-21-8-4-2-5-9-21)18-22-10-6-3-7-11-22)29(39)37(20)19-26(38)31-16-23-12-13-24-25(14-23)33-34-27(24)30/h3-16H,17-20H2,1-2H3,(H,31,37)(H,32,33);2-15H,16-19H2,1H3,(H,31,38)(H,32,35)(H3,30,33,34). The summed E-state index contributed by atoms with van der Waals surface area (Å²) in [5, 5.41) is 22.3. The van der Waals surface area contributed by atoms with E-state index in [1.54, 1.807) is 26.2 Å². The Morgan fingerprint density at radius 3 is 1.40 bits per heavy atom. The van der Waals surface area contributed by atoms with E-state index in [4.69, 9.17) is 10.3 Å². The van der Waals surface area contributed by atoms with E-state index in [-0.39, 0.29) is 47.7 Å². The SMILES string of the molecule is Cc1cnc(NN(Cc2ccccc2)Cc2ccccc2)c(=O)n1CC(=O)NCc1ccc2c(N)n[nH]c2c1.Cc1noc2cc(CNC(=O)Cn3c(C)cnc(NN(Cc4ccccc4)Cc4ccccc4)c3=O)ccc12. The van der Waals surface area contributed by atoms with E-state index in [9.17, 15) is 19.2 Å². The quantitative estimate of drug-likeness (QED) is 0.0401. The molecular formula is C59H60N14O5. The summed E-state index contributed by atoms with van der Waals surface area (Å²) in [5.41, 5.74) is 21.1. The lowest BCUT2D eigenvalue weighted by Crippen LogP contribution is -2.37. The van der Waals surface area contributed by atoms with Gasteiger partial charge in [0.2, 0.25) is 23.5 Å². The summed E-state index contributed by atoms with van der Waals surface area (Å²) in [6.45, 7) is 7.98. The molecule has 396 valence electrons. The van der Waals surface area contributed by atoms with Crippen LogP contribution in [0.15, 0.2) is 184 Å². The molecule has 0 aliphatic heterocycles. The lowest BCUT2D eigenvalue weighted by atomic mass is 10.1. The number of aryl methyl sites for hydroxylation is 3. The number of hydrogen-bond acceptors (Lipinski definition) is 14. The van der Waals surface area contributed by atoms with E-state index in [1.807, 2.05) is 175 Å². The maximum atomic E-state index is 13.4. The van der Waals surface area contributed by atoms with Gasteiger partial charge in [0.25, 0.3) is 11.1 Å². The van der Waals surface area contributed by atoms with Crippen molar-refractivity contribution in [1.82, 2.24) is 55.1 Å². The molecule has 78 heavy (non-hydrogen) atoms. The number of nitrogen functional groups attached to an aromatic ring is 1. The smallest absolute Gasteiger partial charge is 0.295 e. The molecular weight excluding hydrogens is 985 g/mol. The van der Waals surface area contributed by atoms with E-state index >= 15 is 0 Å². The normalized spacial score (nSPS) is 11.1. The molecule has 4 aromatic heterocycles. The summed E-state index contributed by atoms with van der Waals surface area (Å²) in [4.78, 5) is 61.1. The van der Waals surface area contributed by atoms with Crippen LogP contribution < -0.4 is 38.3 Å². The van der Waals surface area contributed by atoms with Crippen molar-refractivity contribution in [3.63, 3.8) is 0 Å². The van der Waals surface area contributed by atoms with E-state index in [0.717, 1.165) is 55.4 Å². The third kappa shape index (κ3) is 14.0. The molecule has 0 radical (unpaired) electrons. The molecule has 0 fully saturated rings. The molecule has 0 bridgehead atoms. The number of nitrogens with one attached hydrogen (secondary N) is 5. The summed E-state index contributed by atoms with van der Waals surface area (Å²) in [6, 6.07) is 51.3. The predicted molar refractivity (Wildman–Crippen MR) is 301 cm³/mol. The molecule has 2 amide bonds. The van der Waals surface area contributed by atoms with Crippen molar-refractivity contribution in [2.24, 2.45) is 0 Å². The van der Waals surface area contributed by atoms with E-state index in [1.165, 1.54) is 9.13 Å². The van der Waals surface area contributed by atoms with Gasteiger partial charge in [-0.1, -0.05) is 139 Å². The Balaban J connectivity index is 0.000000190. The summed E-state index contributed by atoms with van der Waals surface area (Å²) < 4.78 is 8.17. The number of fused-ring (bicyclic) bond motifs is 2. The number of anilines is 3. The third-order valence-electron chi connectivity index (χ3n) is 12.9. The zero-order valence-electron chi connectivity index (χ0n) is 43.5. The van der Waals surface area contributed by atoms with Gasteiger partial charge in [-0.3, -0.25) is 44.3 Å². The molecule has 0 saturated heterocycles. The van der Waals surface area contributed by atoms with Crippen LogP contribution in [-0.2, 0) is 61.9 Å². The first-order valence-electron chi connectivity index (χ1n) is 25.3. The lowest BCUT2D eigenvalue weighted by Gasteiger charge is -2.24. The van der Waals surface area contributed by atoms with Crippen LogP contribution >= 0.6 is 0 Å². The summed E-state index contributed by atoms with van der Waals surface area (Å²) in [6.07, 6.45) is 3.19. The molecule has 0 aliphatic rings. The molecule has 19 nitrogen and oxygen atoms in total. The van der Waals surface area contributed by atoms with Gasteiger partial charge in [-0.15, -0.1) is 0 Å². The van der Waals surface area contributed by atoms with Gasteiger partial charge >= 0.3 is 0 Å². The highest BCUT2D eigenvalue weighted by molar-refractivity contribution is 5.89. The fraction of sp³-hybridized carbons (Fsp3) is 0.186.